The summed E-state index contributed by atoms with van der Waals surface area (Å²) in [6.45, 7) is 5.08. The Morgan fingerprint density at radius 2 is 2.22 bits per heavy atom. The molecule has 0 aromatic heterocycles. The van der Waals surface area contributed by atoms with E-state index in [1.54, 1.807) is 0 Å². The monoisotopic (exact) mass is 275 g/mol. The average molecular weight is 276 g/mol. The zero-order chi connectivity index (χ0) is 13.4. The molecule has 1 rings (SSSR count). The average Bonchev–Trinajstić information content (AvgIpc) is 2.37. The molecule has 1 amide bonds. The molecule has 0 aromatic rings. The summed E-state index contributed by atoms with van der Waals surface area (Å²) >= 11 is 5.75. The number of carbonyl (C=O) groups is 1. The molecule has 0 aromatic carbocycles. The fourth-order valence-corrected chi connectivity index (χ4v) is 2.53. The van der Waals surface area contributed by atoms with Crippen molar-refractivity contribution in [3.05, 3.63) is 0 Å². The van der Waals surface area contributed by atoms with Crippen molar-refractivity contribution in [3.63, 3.8) is 0 Å². The lowest BCUT2D eigenvalue weighted by molar-refractivity contribution is -0.123. The van der Waals surface area contributed by atoms with Crippen molar-refractivity contribution < 1.29 is 9.53 Å². The van der Waals surface area contributed by atoms with E-state index in [-0.39, 0.29) is 18.1 Å². The normalized spacial score (nSPS) is 21.9. The number of carbonyl (C=O) groups excluding carboxylic acids is 1. The summed E-state index contributed by atoms with van der Waals surface area (Å²) in [7, 11) is 0. The van der Waals surface area contributed by atoms with E-state index >= 15 is 0 Å². The van der Waals surface area contributed by atoms with Gasteiger partial charge in [-0.05, 0) is 38.0 Å². The third kappa shape index (κ3) is 6.05. The van der Waals surface area contributed by atoms with E-state index in [1.165, 1.54) is 6.42 Å². The van der Waals surface area contributed by atoms with Crippen molar-refractivity contribution in [3.8, 4) is 0 Å². The molecule has 1 saturated heterocycles. The van der Waals surface area contributed by atoms with E-state index in [9.17, 15) is 4.79 Å². The van der Waals surface area contributed by atoms with E-state index in [1.807, 2.05) is 0 Å². The number of nitrogens with one attached hydrogen (secondary N) is 1. The van der Waals surface area contributed by atoms with Gasteiger partial charge < -0.3 is 10.1 Å². The van der Waals surface area contributed by atoms with Gasteiger partial charge in [-0.1, -0.05) is 13.8 Å². The molecule has 0 saturated carbocycles. The molecule has 1 heterocycles. The van der Waals surface area contributed by atoms with Gasteiger partial charge in [-0.2, -0.15) is 0 Å². The zero-order valence-electron chi connectivity index (χ0n) is 11.6. The van der Waals surface area contributed by atoms with Gasteiger partial charge in [-0.15, -0.1) is 11.6 Å². The van der Waals surface area contributed by atoms with Crippen molar-refractivity contribution >= 4 is 17.5 Å². The van der Waals surface area contributed by atoms with Crippen LogP contribution >= 0.6 is 11.6 Å². The number of amides is 1. The molecule has 0 bridgehead atoms. The van der Waals surface area contributed by atoms with Crippen LogP contribution in [0.2, 0.25) is 0 Å². The van der Waals surface area contributed by atoms with Crippen molar-refractivity contribution in [1.82, 2.24) is 5.32 Å². The van der Waals surface area contributed by atoms with Crippen molar-refractivity contribution in [2.75, 3.05) is 12.5 Å². The van der Waals surface area contributed by atoms with Crippen molar-refractivity contribution in [2.24, 2.45) is 5.92 Å². The molecule has 0 radical (unpaired) electrons. The van der Waals surface area contributed by atoms with Crippen LogP contribution in [0.25, 0.3) is 0 Å². The van der Waals surface area contributed by atoms with Gasteiger partial charge in [0.1, 0.15) is 0 Å². The lowest BCUT2D eigenvalue weighted by Crippen LogP contribution is -2.39. The van der Waals surface area contributed by atoms with E-state index in [4.69, 9.17) is 16.3 Å². The van der Waals surface area contributed by atoms with Crippen LogP contribution in [0, 0.1) is 5.92 Å². The summed E-state index contributed by atoms with van der Waals surface area (Å²) in [5.74, 6) is 1.15. The molecule has 2 unspecified atom stereocenters. The Labute approximate surface area is 116 Å². The molecule has 106 valence electrons. The predicted octanol–water partition coefficient (Wildman–Crippen LogP) is 3.11. The molecule has 4 heteroatoms. The number of halogens is 1. The smallest absolute Gasteiger partial charge is 0.220 e. The molecule has 0 spiro atoms. The summed E-state index contributed by atoms with van der Waals surface area (Å²) in [5.41, 5.74) is 0. The van der Waals surface area contributed by atoms with Gasteiger partial charge in [0.2, 0.25) is 5.91 Å². The van der Waals surface area contributed by atoms with Gasteiger partial charge in [0, 0.05) is 24.9 Å². The summed E-state index contributed by atoms with van der Waals surface area (Å²) < 4.78 is 5.63. The summed E-state index contributed by atoms with van der Waals surface area (Å²) in [6.07, 6.45) is 6.03. The van der Waals surface area contributed by atoms with Gasteiger partial charge in [-0.3, -0.25) is 4.79 Å². The van der Waals surface area contributed by atoms with Crippen molar-refractivity contribution in [1.29, 1.82) is 0 Å². The maximum Gasteiger partial charge on any atom is 0.220 e. The third-order valence-corrected chi connectivity index (χ3v) is 3.76. The molecule has 1 fully saturated rings. The minimum Gasteiger partial charge on any atom is -0.378 e. The van der Waals surface area contributed by atoms with Crippen LogP contribution in [0.1, 0.15) is 52.4 Å². The molecule has 18 heavy (non-hydrogen) atoms. The molecular weight excluding hydrogens is 250 g/mol. The van der Waals surface area contributed by atoms with Crippen LogP contribution in [-0.2, 0) is 9.53 Å². The Balaban J connectivity index is 2.22. The predicted molar refractivity (Wildman–Crippen MR) is 74.9 cm³/mol. The van der Waals surface area contributed by atoms with Crippen LogP contribution in [0.4, 0.5) is 0 Å². The van der Waals surface area contributed by atoms with Gasteiger partial charge >= 0.3 is 0 Å². The first-order valence-corrected chi connectivity index (χ1v) is 7.64. The van der Waals surface area contributed by atoms with E-state index in [2.05, 4.69) is 19.2 Å². The fourth-order valence-electron chi connectivity index (χ4n) is 2.30. The Morgan fingerprint density at radius 3 is 2.78 bits per heavy atom. The Morgan fingerprint density at radius 1 is 1.44 bits per heavy atom. The molecule has 1 aliphatic heterocycles. The third-order valence-electron chi connectivity index (χ3n) is 3.54. The zero-order valence-corrected chi connectivity index (χ0v) is 12.3. The standard InChI is InChI=1S/C14H26ClNO2/c1-11(2)13(8-9-15)16-14(17)7-6-12-5-3-4-10-18-12/h11-13H,3-10H2,1-2H3,(H,16,17). The second-order valence-electron chi connectivity index (χ2n) is 5.42. The fraction of sp³-hybridized carbons (Fsp3) is 0.929. The number of hydrogen-bond acceptors (Lipinski definition) is 2. The van der Waals surface area contributed by atoms with Crippen LogP contribution in [0.15, 0.2) is 0 Å². The van der Waals surface area contributed by atoms with Gasteiger partial charge in [0.05, 0.1) is 6.10 Å². The van der Waals surface area contributed by atoms with Gasteiger partial charge in [-0.25, -0.2) is 0 Å². The summed E-state index contributed by atoms with van der Waals surface area (Å²) in [6, 6.07) is 0.197. The highest BCUT2D eigenvalue weighted by molar-refractivity contribution is 6.17. The lowest BCUT2D eigenvalue weighted by atomic mass is 10.0. The van der Waals surface area contributed by atoms with Crippen LogP contribution in [0.5, 0.6) is 0 Å². The molecule has 1 aliphatic rings. The summed E-state index contributed by atoms with van der Waals surface area (Å²) in [4.78, 5) is 11.9. The molecule has 0 aliphatic carbocycles. The van der Waals surface area contributed by atoms with E-state index in [0.717, 1.165) is 32.3 Å². The van der Waals surface area contributed by atoms with Gasteiger partial charge in [0.15, 0.2) is 0 Å². The highest BCUT2D eigenvalue weighted by Crippen LogP contribution is 2.17. The molecule has 2 atom stereocenters. The second-order valence-corrected chi connectivity index (χ2v) is 5.80. The first-order chi connectivity index (χ1) is 8.63. The van der Waals surface area contributed by atoms with E-state index in [0.29, 0.717) is 18.2 Å². The second kappa shape index (κ2) is 8.76. The molecule has 1 N–H and O–H groups in total. The minimum absolute atomic E-state index is 0.132. The maximum absolute atomic E-state index is 11.9. The topological polar surface area (TPSA) is 38.3 Å². The SMILES string of the molecule is CC(C)C(CCCl)NC(=O)CCC1CCCCO1. The molecular formula is C14H26ClNO2. The molecule has 3 nitrogen and oxygen atoms in total. The number of alkyl halides is 1. The quantitative estimate of drug-likeness (QED) is 0.725. The maximum atomic E-state index is 11.9. The minimum atomic E-state index is 0.132. The first kappa shape index (κ1) is 15.8. The Hall–Kier alpha value is -0.280. The largest absolute Gasteiger partial charge is 0.378 e. The number of hydrogen-bond donors (Lipinski definition) is 1. The number of rotatable bonds is 7. The van der Waals surface area contributed by atoms with Crippen LogP contribution in [-0.4, -0.2) is 30.5 Å². The highest BCUT2D eigenvalue weighted by atomic mass is 35.5. The Bertz CT molecular complexity index is 240. The van der Waals surface area contributed by atoms with Gasteiger partial charge in [0.25, 0.3) is 0 Å². The van der Waals surface area contributed by atoms with Crippen LogP contribution in [0.3, 0.4) is 0 Å². The lowest BCUT2D eigenvalue weighted by Gasteiger charge is -2.24. The van der Waals surface area contributed by atoms with Crippen molar-refractivity contribution in [2.45, 2.75) is 64.5 Å². The first-order valence-electron chi connectivity index (χ1n) is 7.10. The van der Waals surface area contributed by atoms with Crippen LogP contribution < -0.4 is 5.32 Å². The highest BCUT2D eigenvalue weighted by Gasteiger charge is 2.18. The Kier molecular flexibility index (Phi) is 7.68. The number of ether oxygens (including phenoxy) is 1. The van der Waals surface area contributed by atoms with E-state index < -0.39 is 0 Å². The summed E-state index contributed by atoms with van der Waals surface area (Å²) in [5, 5.41) is 3.08.